The summed E-state index contributed by atoms with van der Waals surface area (Å²) in [5.41, 5.74) is 2.09. The molecule has 2 aromatic rings. The summed E-state index contributed by atoms with van der Waals surface area (Å²) in [6.07, 6.45) is 2.51. The summed E-state index contributed by atoms with van der Waals surface area (Å²) in [5, 5.41) is 1.09. The van der Waals surface area contributed by atoms with Gasteiger partial charge in [0.1, 0.15) is 0 Å². The zero-order chi connectivity index (χ0) is 13.5. The molecule has 1 aliphatic rings. The maximum atomic E-state index is 11.6. The van der Waals surface area contributed by atoms with Crippen LogP contribution in [0.1, 0.15) is 16.8 Å². The van der Waals surface area contributed by atoms with Crippen LogP contribution < -0.4 is 0 Å². The minimum atomic E-state index is -2.83. The van der Waals surface area contributed by atoms with Gasteiger partial charge >= 0.3 is 0 Å². The summed E-state index contributed by atoms with van der Waals surface area (Å²) in [4.78, 5) is 4.38. The molecule has 2 unspecified atom stereocenters. The normalized spacial score (nSPS) is 23.5. The van der Waals surface area contributed by atoms with E-state index in [-0.39, 0.29) is 16.5 Å². The summed E-state index contributed by atoms with van der Waals surface area (Å²) < 4.78 is 23.1. The van der Waals surface area contributed by atoms with Crippen molar-refractivity contribution >= 4 is 36.7 Å². The third kappa shape index (κ3) is 2.67. The molecule has 0 spiro atoms. The lowest BCUT2D eigenvalue weighted by Crippen LogP contribution is -2.10. The molecule has 1 fully saturated rings. The zero-order valence-electron chi connectivity index (χ0n) is 10.3. The van der Waals surface area contributed by atoms with Gasteiger partial charge in [0.05, 0.1) is 17.0 Å². The van der Waals surface area contributed by atoms with Crippen molar-refractivity contribution in [3.8, 4) is 0 Å². The van der Waals surface area contributed by atoms with E-state index in [1.165, 1.54) is 0 Å². The highest BCUT2D eigenvalue weighted by atomic mass is 79.9. The smallest absolute Gasteiger partial charge is 0.150 e. The number of aromatic nitrogens is 1. The van der Waals surface area contributed by atoms with Gasteiger partial charge < -0.3 is 0 Å². The molecule has 1 saturated heterocycles. The number of hydrogen-bond acceptors (Lipinski definition) is 3. The molecule has 0 N–H and O–H groups in total. The Labute approximate surface area is 121 Å². The van der Waals surface area contributed by atoms with Crippen molar-refractivity contribution in [3.05, 3.63) is 42.1 Å². The first-order valence-corrected chi connectivity index (χ1v) is 8.98. The molecule has 1 aliphatic heterocycles. The monoisotopic (exact) mass is 339 g/mol. The van der Waals surface area contributed by atoms with Crippen molar-refractivity contribution in [1.82, 2.24) is 4.98 Å². The second-order valence-electron chi connectivity index (χ2n) is 5.02. The summed E-state index contributed by atoms with van der Waals surface area (Å²) in [6, 6.07) is 10.0. The van der Waals surface area contributed by atoms with Crippen molar-refractivity contribution in [2.75, 3.05) is 11.5 Å². The van der Waals surface area contributed by atoms with Gasteiger partial charge in [0, 0.05) is 16.4 Å². The van der Waals surface area contributed by atoms with Gasteiger partial charge in [-0.05, 0) is 36.1 Å². The van der Waals surface area contributed by atoms with Crippen LogP contribution in [0.15, 0.2) is 36.5 Å². The molecule has 0 radical (unpaired) electrons. The molecule has 2 heterocycles. The molecule has 5 heteroatoms. The fourth-order valence-corrected chi connectivity index (χ4v) is 5.42. The van der Waals surface area contributed by atoms with Crippen LogP contribution in [0.5, 0.6) is 0 Å². The molecule has 3 nitrogen and oxygen atoms in total. The lowest BCUT2D eigenvalue weighted by Gasteiger charge is -2.16. The third-order valence-corrected chi connectivity index (χ3v) is 6.70. The Balaban J connectivity index is 1.91. The molecule has 19 heavy (non-hydrogen) atoms. The maximum absolute atomic E-state index is 11.6. The van der Waals surface area contributed by atoms with Gasteiger partial charge in [-0.1, -0.05) is 28.1 Å². The van der Waals surface area contributed by atoms with Gasteiger partial charge in [-0.15, -0.1) is 0 Å². The molecular weight excluding hydrogens is 326 g/mol. The number of alkyl halides is 1. The van der Waals surface area contributed by atoms with E-state index in [0.29, 0.717) is 5.75 Å². The number of benzene rings is 1. The molecule has 2 atom stereocenters. The molecular formula is C14H14BrNO2S. The average Bonchev–Trinajstić information content (AvgIpc) is 2.78. The standard InChI is InChI=1S/C14H14BrNO2S/c15-14(12-5-7-19(17,18)9-12)11-3-4-13-10(8-11)2-1-6-16-13/h1-4,6,8,12,14H,5,7,9H2. The molecule has 0 aliphatic carbocycles. The van der Waals surface area contributed by atoms with Gasteiger partial charge in [-0.2, -0.15) is 0 Å². The highest BCUT2D eigenvalue weighted by Gasteiger charge is 2.33. The minimum absolute atomic E-state index is 0.0920. The SMILES string of the molecule is O=S1(=O)CCC(C(Br)c2ccc3ncccc3c2)C1. The number of nitrogens with zero attached hydrogens (tertiary/aromatic N) is 1. The molecule has 0 amide bonds. The van der Waals surface area contributed by atoms with Gasteiger partial charge in [-0.25, -0.2) is 8.42 Å². The second-order valence-corrected chi connectivity index (χ2v) is 8.24. The van der Waals surface area contributed by atoms with Crippen LogP contribution in [-0.4, -0.2) is 24.9 Å². The van der Waals surface area contributed by atoms with Crippen molar-refractivity contribution in [1.29, 1.82) is 0 Å². The predicted octanol–water partition coefficient (Wildman–Crippen LogP) is 3.11. The fourth-order valence-electron chi connectivity index (χ4n) is 2.59. The number of pyridine rings is 1. The third-order valence-electron chi connectivity index (χ3n) is 3.63. The highest BCUT2D eigenvalue weighted by molar-refractivity contribution is 9.09. The summed E-state index contributed by atoms with van der Waals surface area (Å²) in [5.74, 6) is 0.766. The van der Waals surface area contributed by atoms with E-state index in [1.807, 2.05) is 24.3 Å². The van der Waals surface area contributed by atoms with Crippen LogP contribution in [0.4, 0.5) is 0 Å². The van der Waals surface area contributed by atoms with Gasteiger partial charge in [0.15, 0.2) is 9.84 Å². The molecule has 100 valence electrons. The Morgan fingerprint density at radius 3 is 2.89 bits per heavy atom. The number of rotatable bonds is 2. The zero-order valence-corrected chi connectivity index (χ0v) is 12.7. The quantitative estimate of drug-likeness (QED) is 0.790. The van der Waals surface area contributed by atoms with E-state index in [4.69, 9.17) is 0 Å². The van der Waals surface area contributed by atoms with E-state index < -0.39 is 9.84 Å². The fraction of sp³-hybridized carbons (Fsp3) is 0.357. The Kier molecular flexibility index (Phi) is 3.35. The maximum Gasteiger partial charge on any atom is 0.150 e. The lowest BCUT2D eigenvalue weighted by atomic mass is 9.97. The number of hydrogen-bond donors (Lipinski definition) is 0. The largest absolute Gasteiger partial charge is 0.256 e. The van der Waals surface area contributed by atoms with Crippen LogP contribution in [0.25, 0.3) is 10.9 Å². The predicted molar refractivity (Wildman–Crippen MR) is 80.2 cm³/mol. The van der Waals surface area contributed by atoms with Crippen LogP contribution >= 0.6 is 15.9 Å². The average molecular weight is 340 g/mol. The van der Waals surface area contributed by atoms with Gasteiger partial charge in [0.25, 0.3) is 0 Å². The van der Waals surface area contributed by atoms with Crippen LogP contribution in [-0.2, 0) is 9.84 Å². The highest BCUT2D eigenvalue weighted by Crippen LogP contribution is 2.38. The van der Waals surface area contributed by atoms with Crippen LogP contribution in [0, 0.1) is 5.92 Å². The van der Waals surface area contributed by atoms with Gasteiger partial charge in [-0.3, -0.25) is 4.98 Å². The summed E-state index contributed by atoms with van der Waals surface area (Å²) in [7, 11) is -2.83. The minimum Gasteiger partial charge on any atom is -0.256 e. The van der Waals surface area contributed by atoms with E-state index in [1.54, 1.807) is 6.20 Å². The Bertz CT molecular complexity index is 714. The first-order chi connectivity index (χ1) is 9.05. The van der Waals surface area contributed by atoms with Crippen LogP contribution in [0.2, 0.25) is 0 Å². The van der Waals surface area contributed by atoms with Crippen molar-refractivity contribution < 1.29 is 8.42 Å². The molecule has 3 rings (SSSR count). The van der Waals surface area contributed by atoms with E-state index >= 15 is 0 Å². The molecule has 0 saturated carbocycles. The topological polar surface area (TPSA) is 47.0 Å². The first kappa shape index (κ1) is 13.1. The Morgan fingerprint density at radius 2 is 2.16 bits per heavy atom. The summed E-state index contributed by atoms with van der Waals surface area (Å²) in [6.45, 7) is 0. The first-order valence-electron chi connectivity index (χ1n) is 6.24. The van der Waals surface area contributed by atoms with Crippen molar-refractivity contribution in [3.63, 3.8) is 0 Å². The Hall–Kier alpha value is -0.940. The lowest BCUT2D eigenvalue weighted by molar-refractivity contribution is 0.580. The van der Waals surface area contributed by atoms with E-state index in [0.717, 1.165) is 22.9 Å². The Morgan fingerprint density at radius 1 is 1.32 bits per heavy atom. The van der Waals surface area contributed by atoms with Crippen molar-refractivity contribution in [2.45, 2.75) is 11.2 Å². The number of sulfone groups is 1. The van der Waals surface area contributed by atoms with Gasteiger partial charge in [0.2, 0.25) is 0 Å². The molecule has 1 aromatic carbocycles. The van der Waals surface area contributed by atoms with Crippen molar-refractivity contribution in [2.24, 2.45) is 5.92 Å². The summed E-state index contributed by atoms with van der Waals surface area (Å²) >= 11 is 3.67. The van der Waals surface area contributed by atoms with E-state index in [2.05, 4.69) is 27.0 Å². The number of halogens is 1. The second kappa shape index (κ2) is 4.87. The number of fused-ring (bicyclic) bond motifs is 1. The van der Waals surface area contributed by atoms with E-state index in [9.17, 15) is 8.42 Å². The molecule has 0 bridgehead atoms. The molecule has 1 aromatic heterocycles. The van der Waals surface area contributed by atoms with Crippen LogP contribution in [0.3, 0.4) is 0 Å².